The molecule has 6 heteroatoms. The molecule has 1 aliphatic heterocycles. The molecule has 1 saturated heterocycles. The van der Waals surface area contributed by atoms with Crippen LogP contribution in [0.5, 0.6) is 0 Å². The second-order valence-corrected chi connectivity index (χ2v) is 7.50. The Balaban J connectivity index is 1.52. The van der Waals surface area contributed by atoms with Crippen LogP contribution in [0, 0.1) is 5.92 Å². The maximum Gasteiger partial charge on any atom is 0.250 e. The summed E-state index contributed by atoms with van der Waals surface area (Å²) in [5.41, 5.74) is 1.67. The zero-order chi connectivity index (χ0) is 18.4. The first-order valence-electron chi connectivity index (χ1n) is 8.86. The number of nitrogens with one attached hydrogen (secondary N) is 1. The third-order valence-corrected chi connectivity index (χ3v) is 5.16. The van der Waals surface area contributed by atoms with Gasteiger partial charge in [0, 0.05) is 24.5 Å². The molecule has 2 amide bonds. The van der Waals surface area contributed by atoms with E-state index in [9.17, 15) is 9.59 Å². The van der Waals surface area contributed by atoms with Crippen molar-refractivity contribution in [3.05, 3.63) is 53.0 Å². The summed E-state index contributed by atoms with van der Waals surface area (Å²) >= 11 is 1.34. The van der Waals surface area contributed by atoms with E-state index in [1.54, 1.807) is 6.08 Å². The summed E-state index contributed by atoms with van der Waals surface area (Å²) in [7, 11) is 0. The third-order valence-electron chi connectivity index (χ3n) is 4.35. The highest BCUT2D eigenvalue weighted by Gasteiger charge is 2.21. The number of hydrogen-bond acceptors (Lipinski definition) is 4. The number of aromatic nitrogens is 1. The number of rotatable bonds is 5. The minimum absolute atomic E-state index is 0.115. The minimum atomic E-state index is -0.231. The Morgan fingerprint density at radius 3 is 2.92 bits per heavy atom. The summed E-state index contributed by atoms with van der Waals surface area (Å²) in [5.74, 6) is 0.448. The van der Waals surface area contributed by atoms with E-state index in [-0.39, 0.29) is 11.8 Å². The Morgan fingerprint density at radius 2 is 2.15 bits per heavy atom. The highest BCUT2D eigenvalue weighted by Crippen LogP contribution is 2.19. The van der Waals surface area contributed by atoms with Gasteiger partial charge in [-0.15, -0.1) is 11.3 Å². The normalized spacial score (nSPS) is 17.4. The van der Waals surface area contributed by atoms with Gasteiger partial charge in [0.05, 0.1) is 12.1 Å². The van der Waals surface area contributed by atoms with Crippen molar-refractivity contribution in [1.82, 2.24) is 9.88 Å². The van der Waals surface area contributed by atoms with Crippen molar-refractivity contribution in [2.45, 2.75) is 26.2 Å². The lowest BCUT2D eigenvalue weighted by atomic mass is 10.00. The van der Waals surface area contributed by atoms with Gasteiger partial charge in [-0.1, -0.05) is 37.3 Å². The van der Waals surface area contributed by atoms with Crippen molar-refractivity contribution in [2.75, 3.05) is 18.4 Å². The number of anilines is 1. The first-order valence-corrected chi connectivity index (χ1v) is 9.74. The summed E-state index contributed by atoms with van der Waals surface area (Å²) in [4.78, 5) is 30.7. The molecule has 3 rings (SSSR count). The van der Waals surface area contributed by atoms with E-state index < -0.39 is 0 Å². The second-order valence-electron chi connectivity index (χ2n) is 6.64. The molecular formula is C20H23N3O2S. The van der Waals surface area contributed by atoms with Crippen molar-refractivity contribution in [2.24, 2.45) is 5.92 Å². The maximum atomic E-state index is 12.4. The topological polar surface area (TPSA) is 62.3 Å². The van der Waals surface area contributed by atoms with E-state index in [0.717, 1.165) is 25.1 Å². The molecule has 2 heterocycles. The fourth-order valence-electron chi connectivity index (χ4n) is 3.01. The van der Waals surface area contributed by atoms with Crippen LogP contribution in [0.2, 0.25) is 0 Å². The van der Waals surface area contributed by atoms with Crippen LogP contribution >= 0.6 is 11.3 Å². The average Bonchev–Trinajstić information content (AvgIpc) is 3.07. The van der Waals surface area contributed by atoms with Crippen molar-refractivity contribution >= 4 is 34.4 Å². The summed E-state index contributed by atoms with van der Waals surface area (Å²) in [6, 6.07) is 9.63. The molecule has 0 radical (unpaired) electrons. The van der Waals surface area contributed by atoms with Gasteiger partial charge in [0.15, 0.2) is 5.13 Å². The largest absolute Gasteiger partial charge is 0.342 e. The van der Waals surface area contributed by atoms with E-state index in [1.807, 2.05) is 40.6 Å². The fourth-order valence-corrected chi connectivity index (χ4v) is 3.72. The Kier molecular flexibility index (Phi) is 6.17. The Labute approximate surface area is 157 Å². The quantitative estimate of drug-likeness (QED) is 0.819. The zero-order valence-electron chi connectivity index (χ0n) is 14.9. The van der Waals surface area contributed by atoms with Crippen LogP contribution in [0.15, 0.2) is 41.8 Å². The molecule has 1 atom stereocenters. The van der Waals surface area contributed by atoms with Crippen LogP contribution < -0.4 is 5.32 Å². The van der Waals surface area contributed by atoms with Gasteiger partial charge < -0.3 is 4.90 Å². The van der Waals surface area contributed by atoms with Gasteiger partial charge >= 0.3 is 0 Å². The number of carbonyl (C=O) groups excluding carboxylic acids is 2. The number of benzene rings is 1. The van der Waals surface area contributed by atoms with Gasteiger partial charge in [0.25, 0.3) is 0 Å². The number of piperidine rings is 1. The second kappa shape index (κ2) is 8.76. The summed E-state index contributed by atoms with van der Waals surface area (Å²) in [6.45, 7) is 3.84. The van der Waals surface area contributed by atoms with Crippen molar-refractivity contribution in [1.29, 1.82) is 0 Å². The first-order chi connectivity index (χ1) is 12.6. The lowest BCUT2D eigenvalue weighted by molar-refractivity contribution is -0.132. The van der Waals surface area contributed by atoms with Gasteiger partial charge in [0.1, 0.15) is 0 Å². The molecule has 1 aromatic heterocycles. The Bertz CT molecular complexity index is 785. The molecule has 1 aliphatic rings. The summed E-state index contributed by atoms with van der Waals surface area (Å²) in [5, 5.41) is 5.10. The van der Waals surface area contributed by atoms with Gasteiger partial charge in [0.2, 0.25) is 11.8 Å². The average molecular weight is 369 g/mol. The van der Waals surface area contributed by atoms with Crippen molar-refractivity contribution in [3.63, 3.8) is 0 Å². The minimum Gasteiger partial charge on any atom is -0.342 e. The zero-order valence-corrected chi connectivity index (χ0v) is 15.7. The molecule has 5 nitrogen and oxygen atoms in total. The summed E-state index contributed by atoms with van der Waals surface area (Å²) in [6.07, 6.45) is 5.78. The van der Waals surface area contributed by atoms with Crippen LogP contribution in [0.3, 0.4) is 0 Å². The molecule has 1 aromatic carbocycles. The number of thiazole rings is 1. The third kappa shape index (κ3) is 5.26. The molecule has 136 valence electrons. The molecule has 0 bridgehead atoms. The fraction of sp³-hybridized carbons (Fsp3) is 0.350. The van der Waals surface area contributed by atoms with Crippen LogP contribution in [-0.2, 0) is 16.0 Å². The molecule has 1 fully saturated rings. The summed E-state index contributed by atoms with van der Waals surface area (Å²) < 4.78 is 0. The predicted molar refractivity (Wildman–Crippen MR) is 105 cm³/mol. The van der Waals surface area contributed by atoms with E-state index in [2.05, 4.69) is 17.2 Å². The smallest absolute Gasteiger partial charge is 0.250 e. The standard InChI is InChI=1S/C20H23N3O2S/c1-15-6-5-11-23(13-15)19(25)12-17-14-26-20(21-17)22-18(24)10-9-16-7-3-2-4-8-16/h2-4,7-10,14-15H,5-6,11-13H2,1H3,(H,21,22,24)/b10-9+. The molecular weight excluding hydrogens is 346 g/mol. The Hall–Kier alpha value is -2.47. The Morgan fingerprint density at radius 1 is 1.35 bits per heavy atom. The monoisotopic (exact) mass is 369 g/mol. The molecule has 26 heavy (non-hydrogen) atoms. The van der Waals surface area contributed by atoms with Crippen LogP contribution in [0.4, 0.5) is 5.13 Å². The predicted octanol–water partition coefficient (Wildman–Crippen LogP) is 3.60. The highest BCUT2D eigenvalue weighted by atomic mass is 32.1. The molecule has 2 aromatic rings. The van der Waals surface area contributed by atoms with Gasteiger partial charge in [-0.05, 0) is 30.4 Å². The number of carbonyl (C=O) groups is 2. The van der Waals surface area contributed by atoms with Crippen LogP contribution in [0.25, 0.3) is 6.08 Å². The van der Waals surface area contributed by atoms with Crippen LogP contribution in [-0.4, -0.2) is 34.8 Å². The molecule has 0 spiro atoms. The number of nitrogens with zero attached hydrogens (tertiary/aromatic N) is 2. The van der Waals surface area contributed by atoms with E-state index in [4.69, 9.17) is 0 Å². The van der Waals surface area contributed by atoms with Gasteiger partial charge in [-0.2, -0.15) is 0 Å². The van der Waals surface area contributed by atoms with Crippen LogP contribution in [0.1, 0.15) is 31.0 Å². The van der Waals surface area contributed by atoms with Gasteiger partial charge in [-0.3, -0.25) is 14.9 Å². The van der Waals surface area contributed by atoms with E-state index in [1.165, 1.54) is 23.8 Å². The highest BCUT2D eigenvalue weighted by molar-refractivity contribution is 7.14. The van der Waals surface area contributed by atoms with Crippen molar-refractivity contribution < 1.29 is 9.59 Å². The number of likely N-dealkylation sites (tertiary alicyclic amines) is 1. The van der Waals surface area contributed by atoms with E-state index in [0.29, 0.717) is 23.2 Å². The van der Waals surface area contributed by atoms with Gasteiger partial charge in [-0.25, -0.2) is 4.98 Å². The molecule has 0 saturated carbocycles. The molecule has 1 unspecified atom stereocenters. The number of hydrogen-bond donors (Lipinski definition) is 1. The molecule has 0 aliphatic carbocycles. The van der Waals surface area contributed by atoms with Crippen molar-refractivity contribution in [3.8, 4) is 0 Å². The lowest BCUT2D eigenvalue weighted by Gasteiger charge is -2.30. The SMILES string of the molecule is CC1CCCN(C(=O)Cc2csc(NC(=O)/C=C/c3ccccc3)n2)C1. The maximum absolute atomic E-state index is 12.4. The first kappa shape index (κ1) is 18.3. The number of amides is 2. The van der Waals surface area contributed by atoms with E-state index >= 15 is 0 Å². The molecule has 1 N–H and O–H groups in total. The lowest BCUT2D eigenvalue weighted by Crippen LogP contribution is -2.39.